The number of halogens is 4. The van der Waals surface area contributed by atoms with Gasteiger partial charge in [-0.05, 0) is 78.8 Å². The Bertz CT molecular complexity index is 1740. The smallest absolute Gasteiger partial charge is 0.162 e. The molecule has 1 heterocycles. The number of allylic oxidation sites excluding steroid dienone is 3. The first-order chi connectivity index (χ1) is 19.8. The number of rotatable bonds is 5. The average Bonchev–Trinajstić information content (AvgIpc) is 2.89. The summed E-state index contributed by atoms with van der Waals surface area (Å²) in [4.78, 5) is 15.5. The standard InChI is InChI=1S/C33H29BrClF2N3O2/c1-17-9-19(16-42-29-8-6-21(36)12-24(29)35)18(2)22(10-17)30-23(15-38)32(39)40(26-7-5-20(34)11-25(26)37)27-13-33(3,4)14-28(41)31(27)30/h5-12,30H,13-14,16,39H2,1-4H3. The molecule has 1 aliphatic carbocycles. The monoisotopic (exact) mass is 651 g/mol. The molecule has 9 heteroatoms. The predicted octanol–water partition coefficient (Wildman–Crippen LogP) is 8.52. The lowest BCUT2D eigenvalue weighted by molar-refractivity contribution is -0.118. The van der Waals surface area contributed by atoms with Gasteiger partial charge in [0.1, 0.15) is 29.8 Å². The van der Waals surface area contributed by atoms with Crippen LogP contribution in [0.1, 0.15) is 54.9 Å². The molecule has 1 unspecified atom stereocenters. The van der Waals surface area contributed by atoms with E-state index in [9.17, 15) is 14.4 Å². The van der Waals surface area contributed by atoms with E-state index in [1.54, 1.807) is 12.1 Å². The summed E-state index contributed by atoms with van der Waals surface area (Å²) >= 11 is 9.47. The van der Waals surface area contributed by atoms with Crippen LogP contribution in [0.15, 0.2) is 75.7 Å². The Morgan fingerprint density at radius 2 is 1.88 bits per heavy atom. The highest BCUT2D eigenvalue weighted by atomic mass is 79.9. The van der Waals surface area contributed by atoms with E-state index in [0.717, 1.165) is 22.3 Å². The van der Waals surface area contributed by atoms with Gasteiger partial charge in [0.15, 0.2) is 5.78 Å². The number of ether oxygens (including phenoxy) is 1. The molecule has 3 aromatic rings. The molecular weight excluding hydrogens is 624 g/mol. The number of hydrogen-bond donors (Lipinski definition) is 1. The minimum absolute atomic E-state index is 0.0878. The highest BCUT2D eigenvalue weighted by Gasteiger charge is 2.45. The first kappa shape index (κ1) is 29.8. The lowest BCUT2D eigenvalue weighted by atomic mass is 9.68. The second kappa shape index (κ2) is 11.2. The normalized spacial score (nSPS) is 18.2. The number of nitriles is 1. The molecule has 2 aliphatic rings. The quantitative estimate of drug-likeness (QED) is 0.299. The van der Waals surface area contributed by atoms with Gasteiger partial charge in [0.05, 0.1) is 28.3 Å². The van der Waals surface area contributed by atoms with Crippen LogP contribution in [-0.2, 0) is 11.4 Å². The Hall–Kier alpha value is -3.67. The molecule has 42 heavy (non-hydrogen) atoms. The second-order valence-corrected chi connectivity index (χ2v) is 12.9. The molecule has 0 amide bonds. The Balaban J connectivity index is 1.68. The van der Waals surface area contributed by atoms with E-state index in [1.807, 2.05) is 39.8 Å². The van der Waals surface area contributed by atoms with E-state index in [1.165, 1.54) is 29.2 Å². The molecule has 0 saturated heterocycles. The van der Waals surface area contributed by atoms with Gasteiger partial charge in [-0.3, -0.25) is 9.69 Å². The number of Topliss-reactive ketones (excluding diaryl/α,β-unsaturated/α-hetero) is 1. The molecule has 5 rings (SSSR count). The van der Waals surface area contributed by atoms with Gasteiger partial charge in [-0.2, -0.15) is 5.26 Å². The van der Waals surface area contributed by atoms with Crippen molar-refractivity contribution < 1.29 is 18.3 Å². The maximum absolute atomic E-state index is 15.4. The zero-order valence-corrected chi connectivity index (χ0v) is 26.0. The number of ketones is 1. The fourth-order valence-corrected chi connectivity index (χ4v) is 6.47. The zero-order chi connectivity index (χ0) is 30.5. The first-order valence-electron chi connectivity index (χ1n) is 13.4. The summed E-state index contributed by atoms with van der Waals surface area (Å²) in [6.07, 6.45) is 0.741. The van der Waals surface area contributed by atoms with Gasteiger partial charge in [0.25, 0.3) is 0 Å². The SMILES string of the molecule is Cc1cc(COc2ccc(F)cc2Cl)c(C)c(C2C(C#N)=C(N)N(c3ccc(Br)cc3F)C3=C2C(=O)CC(C)(C)C3)c1. The van der Waals surface area contributed by atoms with Crippen molar-refractivity contribution in [3.05, 3.63) is 115 Å². The largest absolute Gasteiger partial charge is 0.487 e. The molecule has 0 aromatic heterocycles. The highest BCUT2D eigenvalue weighted by Crippen LogP contribution is 2.51. The molecule has 3 aromatic carbocycles. The van der Waals surface area contributed by atoms with Crippen molar-refractivity contribution in [3.8, 4) is 11.8 Å². The Kier molecular flexibility index (Phi) is 7.95. The van der Waals surface area contributed by atoms with Crippen molar-refractivity contribution in [2.24, 2.45) is 11.1 Å². The number of nitrogens with two attached hydrogens (primary N) is 1. The van der Waals surface area contributed by atoms with E-state index < -0.39 is 23.0 Å². The fourth-order valence-electron chi connectivity index (χ4n) is 5.92. The van der Waals surface area contributed by atoms with E-state index in [2.05, 4.69) is 22.0 Å². The topological polar surface area (TPSA) is 79.3 Å². The van der Waals surface area contributed by atoms with E-state index in [0.29, 0.717) is 27.9 Å². The second-order valence-electron chi connectivity index (χ2n) is 11.6. The van der Waals surface area contributed by atoms with Crippen LogP contribution >= 0.6 is 27.5 Å². The van der Waals surface area contributed by atoms with Gasteiger partial charge in [-0.15, -0.1) is 0 Å². The van der Waals surface area contributed by atoms with Gasteiger partial charge in [-0.1, -0.05) is 59.1 Å². The van der Waals surface area contributed by atoms with Crippen LogP contribution in [0.3, 0.4) is 0 Å². The molecule has 5 nitrogen and oxygen atoms in total. The van der Waals surface area contributed by atoms with Gasteiger partial charge in [0.2, 0.25) is 0 Å². The minimum Gasteiger partial charge on any atom is -0.487 e. The summed E-state index contributed by atoms with van der Waals surface area (Å²) < 4.78 is 35.4. The third-order valence-corrected chi connectivity index (χ3v) is 8.61. The van der Waals surface area contributed by atoms with Crippen LogP contribution in [-0.4, -0.2) is 5.78 Å². The summed E-state index contributed by atoms with van der Waals surface area (Å²) in [5.74, 6) is -1.42. The van der Waals surface area contributed by atoms with Crippen molar-refractivity contribution in [1.82, 2.24) is 0 Å². The minimum atomic E-state index is -0.739. The molecule has 1 atom stereocenters. The Morgan fingerprint density at radius 1 is 1.14 bits per heavy atom. The number of aryl methyl sites for hydroxylation is 1. The van der Waals surface area contributed by atoms with Gasteiger partial charge < -0.3 is 10.5 Å². The number of carbonyl (C=O) groups excluding carboxylic acids is 1. The van der Waals surface area contributed by atoms with Gasteiger partial charge >= 0.3 is 0 Å². The lowest BCUT2D eigenvalue weighted by Crippen LogP contribution is -2.42. The molecule has 0 radical (unpaired) electrons. The highest BCUT2D eigenvalue weighted by molar-refractivity contribution is 9.10. The summed E-state index contributed by atoms with van der Waals surface area (Å²) in [7, 11) is 0. The summed E-state index contributed by atoms with van der Waals surface area (Å²) in [5, 5.41) is 10.6. The van der Waals surface area contributed by atoms with Crippen molar-refractivity contribution in [2.75, 3.05) is 4.90 Å². The summed E-state index contributed by atoms with van der Waals surface area (Å²) in [6.45, 7) is 7.94. The number of nitrogens with zero attached hydrogens (tertiary/aromatic N) is 2. The van der Waals surface area contributed by atoms with Crippen molar-refractivity contribution in [2.45, 2.75) is 53.1 Å². The van der Waals surface area contributed by atoms with Crippen LogP contribution in [0.2, 0.25) is 5.02 Å². The van der Waals surface area contributed by atoms with Gasteiger partial charge in [-0.25, -0.2) is 8.78 Å². The third kappa shape index (κ3) is 5.44. The molecule has 2 N–H and O–H groups in total. The maximum atomic E-state index is 15.4. The van der Waals surface area contributed by atoms with Crippen molar-refractivity contribution in [1.29, 1.82) is 5.26 Å². The third-order valence-electron chi connectivity index (χ3n) is 7.82. The molecule has 0 fully saturated rings. The Labute approximate surface area is 257 Å². The van der Waals surface area contributed by atoms with Crippen molar-refractivity contribution >= 4 is 39.0 Å². The number of benzene rings is 3. The molecule has 1 aliphatic heterocycles. The number of carbonyl (C=O) groups is 1. The number of anilines is 1. The van der Waals surface area contributed by atoms with Crippen LogP contribution < -0.4 is 15.4 Å². The molecule has 0 saturated carbocycles. The Morgan fingerprint density at radius 3 is 2.55 bits per heavy atom. The van der Waals surface area contributed by atoms with E-state index >= 15 is 4.39 Å². The fraction of sp³-hybridized carbons (Fsp3) is 0.273. The van der Waals surface area contributed by atoms with Crippen LogP contribution in [0.25, 0.3) is 0 Å². The van der Waals surface area contributed by atoms with Crippen LogP contribution in [0, 0.1) is 42.2 Å². The maximum Gasteiger partial charge on any atom is 0.162 e. The molecule has 216 valence electrons. The van der Waals surface area contributed by atoms with Crippen LogP contribution in [0.5, 0.6) is 5.75 Å². The van der Waals surface area contributed by atoms with E-state index in [-0.39, 0.29) is 40.9 Å². The lowest BCUT2D eigenvalue weighted by Gasteiger charge is -2.44. The zero-order valence-electron chi connectivity index (χ0n) is 23.6. The van der Waals surface area contributed by atoms with Crippen molar-refractivity contribution in [3.63, 3.8) is 0 Å². The van der Waals surface area contributed by atoms with Crippen LogP contribution in [0.4, 0.5) is 14.5 Å². The van der Waals surface area contributed by atoms with Gasteiger partial charge in [0, 0.05) is 22.2 Å². The molecule has 0 bridgehead atoms. The number of hydrogen-bond acceptors (Lipinski definition) is 5. The first-order valence-corrected chi connectivity index (χ1v) is 14.6. The summed E-state index contributed by atoms with van der Waals surface area (Å²) in [5.41, 5.74) is 11.0. The molecule has 0 spiro atoms. The predicted molar refractivity (Wildman–Crippen MR) is 163 cm³/mol. The van der Waals surface area contributed by atoms with E-state index in [4.69, 9.17) is 22.1 Å². The molecular formula is C33H29BrClF2N3O2. The summed E-state index contributed by atoms with van der Waals surface area (Å²) in [6, 6.07) is 14.7. The average molecular weight is 653 g/mol.